The van der Waals surface area contributed by atoms with Gasteiger partial charge in [0.25, 0.3) is 0 Å². The van der Waals surface area contributed by atoms with Gasteiger partial charge < -0.3 is 5.11 Å². The van der Waals surface area contributed by atoms with Crippen molar-refractivity contribution in [1.82, 2.24) is 0 Å². The number of aliphatic hydroxyl groups is 1. The highest BCUT2D eigenvalue weighted by Gasteiger charge is 1.91. The normalized spacial score (nSPS) is 20.9. The molecule has 0 bridgehead atoms. The summed E-state index contributed by atoms with van der Waals surface area (Å²) in [6, 6.07) is 0. The molecule has 2 aliphatic carbocycles. The molecule has 24 heavy (non-hydrogen) atoms. The highest BCUT2D eigenvalue weighted by molar-refractivity contribution is 9.09. The summed E-state index contributed by atoms with van der Waals surface area (Å²) in [5.41, 5.74) is 2.67. The van der Waals surface area contributed by atoms with E-state index in [1.54, 1.807) is 0 Å². The monoisotopic (exact) mass is 386 g/mol. The van der Waals surface area contributed by atoms with Crippen LogP contribution >= 0.6 is 15.9 Å². The maximum atomic E-state index is 8.64. The summed E-state index contributed by atoms with van der Waals surface area (Å²) in [5.74, 6) is 0. The topological polar surface area (TPSA) is 20.2 Å². The molecule has 0 spiro atoms. The van der Waals surface area contributed by atoms with Crippen LogP contribution in [0.3, 0.4) is 0 Å². The Morgan fingerprint density at radius 2 is 1.08 bits per heavy atom. The van der Waals surface area contributed by atoms with Crippen molar-refractivity contribution < 1.29 is 5.11 Å². The van der Waals surface area contributed by atoms with Crippen LogP contribution in [0.5, 0.6) is 0 Å². The molecule has 1 nitrogen and oxygen atoms in total. The first-order valence-corrected chi connectivity index (χ1v) is 9.57. The molecule has 1 N–H and O–H groups in total. The Hall–Kier alpha value is -1.64. The second kappa shape index (κ2) is 14.9. The van der Waals surface area contributed by atoms with E-state index in [4.69, 9.17) is 5.11 Å². The smallest absolute Gasteiger partial charge is 0.0434 e. The lowest BCUT2D eigenvalue weighted by molar-refractivity contribution is 0.289. The Morgan fingerprint density at radius 3 is 1.58 bits per heavy atom. The molecule has 2 heteroatoms. The predicted octanol–water partition coefficient (Wildman–Crippen LogP) is 6.14. The van der Waals surface area contributed by atoms with Gasteiger partial charge in [0.05, 0.1) is 0 Å². The summed E-state index contributed by atoms with van der Waals surface area (Å²) in [7, 11) is 0. The molecule has 2 rings (SSSR count). The van der Waals surface area contributed by atoms with Crippen molar-refractivity contribution in [3.63, 3.8) is 0 Å². The summed E-state index contributed by atoms with van der Waals surface area (Å²) in [5, 5.41) is 9.72. The maximum Gasteiger partial charge on any atom is 0.0434 e. The fraction of sp³-hybridized carbons (Fsp3) is 0.273. The molecule has 0 aromatic heterocycles. The quantitative estimate of drug-likeness (QED) is 0.543. The summed E-state index contributed by atoms with van der Waals surface area (Å²) in [4.78, 5) is 0. The molecule has 2 aliphatic rings. The number of rotatable bonds is 6. The number of allylic oxidation sites excluding steroid dienone is 16. The van der Waals surface area contributed by atoms with Crippen LogP contribution in [0.4, 0.5) is 0 Å². The minimum atomic E-state index is 0.269. The van der Waals surface area contributed by atoms with Gasteiger partial charge in [-0.05, 0) is 36.8 Å². The van der Waals surface area contributed by atoms with Crippen LogP contribution in [0.2, 0.25) is 0 Å². The molecule has 0 saturated heterocycles. The van der Waals surface area contributed by atoms with Gasteiger partial charge in [-0.15, -0.1) is 0 Å². The molecule has 0 aromatic rings. The average molecular weight is 387 g/mol. The van der Waals surface area contributed by atoms with Crippen molar-refractivity contribution >= 4 is 15.9 Å². The molecule has 0 fully saturated rings. The van der Waals surface area contributed by atoms with Crippen molar-refractivity contribution in [3.8, 4) is 0 Å². The van der Waals surface area contributed by atoms with E-state index in [1.807, 2.05) is 36.5 Å². The van der Waals surface area contributed by atoms with Crippen LogP contribution < -0.4 is 0 Å². The third-order valence-electron chi connectivity index (χ3n) is 3.35. The summed E-state index contributed by atoms with van der Waals surface area (Å²) < 4.78 is 0. The molecule has 0 atom stereocenters. The van der Waals surface area contributed by atoms with Gasteiger partial charge in [-0.25, -0.2) is 0 Å². The zero-order valence-electron chi connectivity index (χ0n) is 14.2. The van der Waals surface area contributed by atoms with Crippen molar-refractivity contribution in [2.75, 3.05) is 11.9 Å². The molecule has 0 saturated carbocycles. The second-order valence-corrected chi connectivity index (χ2v) is 6.15. The molecule has 128 valence electrons. The maximum absolute atomic E-state index is 8.64. The molecule has 0 heterocycles. The molecular weight excluding hydrogens is 360 g/mol. The van der Waals surface area contributed by atoms with Crippen molar-refractivity contribution in [2.24, 2.45) is 0 Å². The van der Waals surface area contributed by atoms with E-state index >= 15 is 0 Å². The lowest BCUT2D eigenvalue weighted by Gasteiger charge is -1.99. The van der Waals surface area contributed by atoms with Crippen LogP contribution in [0.1, 0.15) is 25.7 Å². The standard InChI is InChI=1S/C11H13Br.C11H14O/c2*12-10-6-9-11-7-4-2-1-3-5-8-11/h1-5,7-8H,6,9-10H2;1-5,7-8,12H,6,9-10H2/b2*2-1-,3-1?,4-2?,5-3-,7-4?,8-5?,11-7?,11-8?. The zero-order valence-corrected chi connectivity index (χ0v) is 15.7. The van der Waals surface area contributed by atoms with Gasteiger partial charge in [-0.1, -0.05) is 101 Å². The summed E-state index contributed by atoms with van der Waals surface area (Å²) in [6.07, 6.45) is 33.0. The minimum absolute atomic E-state index is 0.269. The fourth-order valence-electron chi connectivity index (χ4n) is 2.10. The van der Waals surface area contributed by atoms with E-state index in [0.717, 1.165) is 24.6 Å². The van der Waals surface area contributed by atoms with E-state index in [9.17, 15) is 0 Å². The van der Waals surface area contributed by atoms with Crippen LogP contribution in [0.25, 0.3) is 0 Å². The van der Waals surface area contributed by atoms with Gasteiger partial charge >= 0.3 is 0 Å². The third kappa shape index (κ3) is 11.0. The Bertz CT molecular complexity index is 517. The Morgan fingerprint density at radius 1 is 0.625 bits per heavy atom. The van der Waals surface area contributed by atoms with Gasteiger partial charge in [-0.3, -0.25) is 0 Å². The van der Waals surface area contributed by atoms with Crippen LogP contribution in [-0.4, -0.2) is 17.0 Å². The molecular formula is C22H27BrO. The number of hydrogen-bond donors (Lipinski definition) is 1. The van der Waals surface area contributed by atoms with Gasteiger partial charge in [0, 0.05) is 11.9 Å². The first-order valence-electron chi connectivity index (χ1n) is 8.45. The Labute approximate surface area is 155 Å². The zero-order chi connectivity index (χ0) is 17.3. The average Bonchev–Trinajstić information content (AvgIpc) is 2.54. The fourth-order valence-corrected chi connectivity index (χ4v) is 2.38. The van der Waals surface area contributed by atoms with Crippen LogP contribution in [0, 0.1) is 0 Å². The first-order chi connectivity index (χ1) is 11.9. The van der Waals surface area contributed by atoms with Crippen molar-refractivity contribution in [3.05, 3.63) is 96.2 Å². The first kappa shape index (κ1) is 20.4. The summed E-state index contributed by atoms with van der Waals surface area (Å²) >= 11 is 3.43. The highest BCUT2D eigenvalue weighted by atomic mass is 79.9. The van der Waals surface area contributed by atoms with Gasteiger partial charge in [0.2, 0.25) is 0 Å². The van der Waals surface area contributed by atoms with Gasteiger partial charge in [0.15, 0.2) is 0 Å². The largest absolute Gasteiger partial charge is 0.396 e. The van der Waals surface area contributed by atoms with Gasteiger partial charge in [0.1, 0.15) is 0 Å². The highest BCUT2D eigenvalue weighted by Crippen LogP contribution is 2.10. The molecule has 0 radical (unpaired) electrons. The van der Waals surface area contributed by atoms with Crippen LogP contribution in [-0.2, 0) is 0 Å². The minimum Gasteiger partial charge on any atom is -0.396 e. The Balaban J connectivity index is 0.000000240. The summed E-state index contributed by atoms with van der Waals surface area (Å²) in [6.45, 7) is 0.269. The molecule has 0 aromatic carbocycles. The predicted molar refractivity (Wildman–Crippen MR) is 110 cm³/mol. The lowest BCUT2D eigenvalue weighted by atomic mass is 10.1. The SMILES string of the molecule is BrCCCC1=C/C=C\C=C/C=C1.OCCCC1=C/C=C\C=C/C=C1. The van der Waals surface area contributed by atoms with E-state index in [-0.39, 0.29) is 6.61 Å². The number of hydrogen-bond acceptors (Lipinski definition) is 1. The number of halogens is 1. The van der Waals surface area contributed by atoms with Crippen molar-refractivity contribution in [1.29, 1.82) is 0 Å². The second-order valence-electron chi connectivity index (χ2n) is 5.36. The van der Waals surface area contributed by atoms with E-state index in [1.165, 1.54) is 17.6 Å². The number of alkyl halides is 1. The third-order valence-corrected chi connectivity index (χ3v) is 3.91. The lowest BCUT2D eigenvalue weighted by Crippen LogP contribution is -1.85. The number of aliphatic hydroxyl groups excluding tert-OH is 1. The van der Waals surface area contributed by atoms with E-state index in [0.29, 0.717) is 0 Å². The molecule has 0 unspecified atom stereocenters. The van der Waals surface area contributed by atoms with Gasteiger partial charge in [-0.2, -0.15) is 0 Å². The van der Waals surface area contributed by atoms with E-state index in [2.05, 4.69) is 64.5 Å². The van der Waals surface area contributed by atoms with Crippen LogP contribution in [0.15, 0.2) is 96.2 Å². The Kier molecular flexibility index (Phi) is 12.7. The van der Waals surface area contributed by atoms with Crippen molar-refractivity contribution in [2.45, 2.75) is 25.7 Å². The van der Waals surface area contributed by atoms with E-state index < -0.39 is 0 Å². The molecule has 0 amide bonds. The molecule has 0 aliphatic heterocycles.